The van der Waals surface area contributed by atoms with Crippen molar-refractivity contribution in [3.05, 3.63) is 23.7 Å². The van der Waals surface area contributed by atoms with Crippen LogP contribution in [-0.4, -0.2) is 25.2 Å². The molecule has 0 spiro atoms. The Hall–Kier alpha value is -1.98. The number of esters is 1. The normalized spacial score (nSPS) is 9.94. The maximum atomic E-state index is 11.4. The predicted molar refractivity (Wildman–Crippen MR) is 60.6 cm³/mol. The zero-order chi connectivity index (χ0) is 12.7. The molecule has 0 bridgehead atoms. The standard InChI is InChI=1S/C11H16N2O4/c1-2-8-4-5-9(17-8)10(14)16-7-3-6-13-11(12)15/h4-5H,2-3,6-7H2,1H3,(H3,12,13,15). The van der Waals surface area contributed by atoms with Crippen molar-refractivity contribution >= 4 is 12.0 Å². The zero-order valence-electron chi connectivity index (χ0n) is 9.69. The number of carbonyl (C=O) groups is 2. The number of hydrogen-bond acceptors (Lipinski definition) is 4. The van der Waals surface area contributed by atoms with E-state index in [1.54, 1.807) is 12.1 Å². The second-order valence-electron chi connectivity index (χ2n) is 3.40. The fourth-order valence-electron chi connectivity index (χ4n) is 1.20. The summed E-state index contributed by atoms with van der Waals surface area (Å²) in [6.45, 7) is 2.52. The minimum absolute atomic E-state index is 0.199. The number of nitrogens with two attached hydrogens (primary N) is 1. The number of furan rings is 1. The van der Waals surface area contributed by atoms with Crippen LogP contribution in [0.15, 0.2) is 16.5 Å². The van der Waals surface area contributed by atoms with Gasteiger partial charge in [-0.05, 0) is 18.6 Å². The summed E-state index contributed by atoms with van der Waals surface area (Å²) in [6, 6.07) is 2.74. The quantitative estimate of drug-likeness (QED) is 0.574. The van der Waals surface area contributed by atoms with Crippen LogP contribution in [0.25, 0.3) is 0 Å². The van der Waals surface area contributed by atoms with Crippen LogP contribution in [0.3, 0.4) is 0 Å². The molecule has 1 heterocycles. The van der Waals surface area contributed by atoms with E-state index in [0.29, 0.717) is 13.0 Å². The Morgan fingerprint density at radius 2 is 2.24 bits per heavy atom. The van der Waals surface area contributed by atoms with Gasteiger partial charge in [0.15, 0.2) is 0 Å². The van der Waals surface area contributed by atoms with Crippen LogP contribution in [0.5, 0.6) is 0 Å². The molecule has 3 N–H and O–H groups in total. The number of aryl methyl sites for hydroxylation is 1. The average Bonchev–Trinajstić information content (AvgIpc) is 2.76. The molecule has 0 atom stereocenters. The van der Waals surface area contributed by atoms with E-state index >= 15 is 0 Å². The number of hydrogen-bond donors (Lipinski definition) is 2. The van der Waals surface area contributed by atoms with Crippen LogP contribution in [0.4, 0.5) is 4.79 Å². The van der Waals surface area contributed by atoms with Gasteiger partial charge in [-0.25, -0.2) is 9.59 Å². The number of carbonyl (C=O) groups excluding carboxylic acids is 2. The molecule has 1 aromatic rings. The molecule has 0 aliphatic rings. The maximum Gasteiger partial charge on any atom is 0.374 e. The van der Waals surface area contributed by atoms with Crippen molar-refractivity contribution in [3.8, 4) is 0 Å². The van der Waals surface area contributed by atoms with Crippen LogP contribution in [0, 0.1) is 0 Å². The van der Waals surface area contributed by atoms with E-state index in [0.717, 1.165) is 12.2 Å². The van der Waals surface area contributed by atoms with Crippen molar-refractivity contribution in [2.45, 2.75) is 19.8 Å². The molecule has 0 fully saturated rings. The Kier molecular flexibility index (Phi) is 5.06. The van der Waals surface area contributed by atoms with Gasteiger partial charge in [0.25, 0.3) is 0 Å². The van der Waals surface area contributed by atoms with Gasteiger partial charge in [-0.2, -0.15) is 0 Å². The topological polar surface area (TPSA) is 94.6 Å². The van der Waals surface area contributed by atoms with Crippen LogP contribution >= 0.6 is 0 Å². The Balaban J connectivity index is 2.23. The van der Waals surface area contributed by atoms with E-state index in [-0.39, 0.29) is 12.4 Å². The lowest BCUT2D eigenvalue weighted by Crippen LogP contribution is -2.30. The number of amides is 2. The molecule has 17 heavy (non-hydrogen) atoms. The van der Waals surface area contributed by atoms with Crippen molar-refractivity contribution in [2.75, 3.05) is 13.2 Å². The smallest absolute Gasteiger partial charge is 0.374 e. The summed E-state index contributed by atoms with van der Waals surface area (Å²) >= 11 is 0. The molecule has 0 aromatic carbocycles. The van der Waals surface area contributed by atoms with Gasteiger partial charge in [0.1, 0.15) is 5.76 Å². The third-order valence-corrected chi connectivity index (χ3v) is 2.06. The highest BCUT2D eigenvalue weighted by molar-refractivity contribution is 5.86. The van der Waals surface area contributed by atoms with Gasteiger partial charge in [-0.3, -0.25) is 0 Å². The Morgan fingerprint density at radius 1 is 1.47 bits per heavy atom. The van der Waals surface area contributed by atoms with Gasteiger partial charge >= 0.3 is 12.0 Å². The SMILES string of the molecule is CCc1ccc(C(=O)OCCCNC(N)=O)o1. The van der Waals surface area contributed by atoms with Gasteiger partial charge in [-0.15, -0.1) is 0 Å². The predicted octanol–water partition coefficient (Wildman–Crippen LogP) is 1.06. The summed E-state index contributed by atoms with van der Waals surface area (Å²) in [6.07, 6.45) is 1.24. The second-order valence-corrected chi connectivity index (χ2v) is 3.40. The summed E-state index contributed by atoms with van der Waals surface area (Å²) in [5.41, 5.74) is 4.87. The van der Waals surface area contributed by atoms with Crippen molar-refractivity contribution < 1.29 is 18.7 Å². The summed E-state index contributed by atoms with van der Waals surface area (Å²) in [7, 11) is 0. The highest BCUT2D eigenvalue weighted by atomic mass is 16.5. The van der Waals surface area contributed by atoms with Gasteiger partial charge in [-0.1, -0.05) is 6.92 Å². The van der Waals surface area contributed by atoms with Crippen molar-refractivity contribution in [3.63, 3.8) is 0 Å². The molecule has 1 rings (SSSR count). The lowest BCUT2D eigenvalue weighted by molar-refractivity contribution is 0.0463. The summed E-state index contributed by atoms with van der Waals surface area (Å²) in [5.74, 6) is 0.445. The van der Waals surface area contributed by atoms with Crippen molar-refractivity contribution in [1.29, 1.82) is 0 Å². The number of nitrogens with one attached hydrogen (secondary N) is 1. The Bertz CT molecular complexity index is 387. The van der Waals surface area contributed by atoms with Gasteiger partial charge in [0.2, 0.25) is 5.76 Å². The number of urea groups is 1. The van der Waals surface area contributed by atoms with Gasteiger partial charge in [0.05, 0.1) is 6.61 Å². The minimum Gasteiger partial charge on any atom is -0.460 e. The van der Waals surface area contributed by atoms with Crippen LogP contribution in [-0.2, 0) is 11.2 Å². The number of rotatable bonds is 6. The summed E-state index contributed by atoms with van der Waals surface area (Å²) < 4.78 is 10.2. The molecule has 6 nitrogen and oxygen atoms in total. The first-order valence-electron chi connectivity index (χ1n) is 5.42. The van der Waals surface area contributed by atoms with E-state index in [9.17, 15) is 9.59 Å². The van der Waals surface area contributed by atoms with Crippen molar-refractivity contribution in [1.82, 2.24) is 5.32 Å². The molecule has 6 heteroatoms. The van der Waals surface area contributed by atoms with E-state index in [2.05, 4.69) is 5.32 Å². The molecule has 0 aliphatic carbocycles. The third kappa shape index (κ3) is 4.58. The average molecular weight is 240 g/mol. The Morgan fingerprint density at radius 3 is 2.82 bits per heavy atom. The van der Waals surface area contributed by atoms with E-state index in [1.165, 1.54) is 0 Å². The lowest BCUT2D eigenvalue weighted by atomic mass is 10.3. The first-order chi connectivity index (χ1) is 8.13. The minimum atomic E-state index is -0.588. The highest BCUT2D eigenvalue weighted by Gasteiger charge is 2.11. The molecule has 0 saturated heterocycles. The number of primary amides is 1. The van der Waals surface area contributed by atoms with Gasteiger partial charge in [0, 0.05) is 13.0 Å². The first kappa shape index (κ1) is 13.1. The van der Waals surface area contributed by atoms with Crippen LogP contribution in [0.1, 0.15) is 29.7 Å². The van der Waals surface area contributed by atoms with Gasteiger partial charge < -0.3 is 20.2 Å². The first-order valence-corrected chi connectivity index (χ1v) is 5.42. The van der Waals surface area contributed by atoms with Crippen molar-refractivity contribution in [2.24, 2.45) is 5.73 Å². The molecule has 0 radical (unpaired) electrons. The Labute approximate surface area is 99.1 Å². The largest absolute Gasteiger partial charge is 0.460 e. The fraction of sp³-hybridized carbons (Fsp3) is 0.455. The zero-order valence-corrected chi connectivity index (χ0v) is 9.69. The van der Waals surface area contributed by atoms with E-state index in [1.807, 2.05) is 6.92 Å². The van der Waals surface area contributed by atoms with E-state index in [4.69, 9.17) is 14.9 Å². The monoisotopic (exact) mass is 240 g/mol. The molecular formula is C11H16N2O4. The fourth-order valence-corrected chi connectivity index (χ4v) is 1.20. The molecule has 0 unspecified atom stereocenters. The van der Waals surface area contributed by atoms with Crippen LogP contribution in [0.2, 0.25) is 0 Å². The third-order valence-electron chi connectivity index (χ3n) is 2.06. The second kappa shape index (κ2) is 6.57. The molecule has 94 valence electrons. The molecular weight excluding hydrogens is 224 g/mol. The molecule has 2 amide bonds. The maximum absolute atomic E-state index is 11.4. The highest BCUT2D eigenvalue weighted by Crippen LogP contribution is 2.09. The number of ether oxygens (including phenoxy) is 1. The van der Waals surface area contributed by atoms with E-state index < -0.39 is 12.0 Å². The lowest BCUT2D eigenvalue weighted by Gasteiger charge is -2.03. The summed E-state index contributed by atoms with van der Waals surface area (Å²) in [5, 5.41) is 2.40. The molecule has 0 saturated carbocycles. The molecule has 0 aliphatic heterocycles. The summed E-state index contributed by atoms with van der Waals surface area (Å²) in [4.78, 5) is 21.8. The van der Waals surface area contributed by atoms with Crippen LogP contribution < -0.4 is 11.1 Å². The molecule has 1 aromatic heterocycles.